The molecule has 0 aliphatic heterocycles. The summed E-state index contributed by atoms with van der Waals surface area (Å²) in [5.41, 5.74) is 2.72. The third-order valence-corrected chi connectivity index (χ3v) is 2.96. The molecule has 3 N–H and O–H groups in total. The van der Waals surface area contributed by atoms with Crippen molar-refractivity contribution in [1.82, 2.24) is 0 Å². The van der Waals surface area contributed by atoms with Crippen LogP contribution in [0.2, 0.25) is 5.02 Å². The van der Waals surface area contributed by atoms with E-state index in [0.717, 1.165) is 5.56 Å². The molecule has 0 atom stereocenters. The second-order valence-corrected chi connectivity index (χ2v) is 4.65. The van der Waals surface area contributed by atoms with Crippen LogP contribution in [0.25, 0.3) is 0 Å². The lowest BCUT2D eigenvalue weighted by Gasteiger charge is -2.12. The van der Waals surface area contributed by atoms with Gasteiger partial charge in [0, 0.05) is 23.1 Å². The highest BCUT2D eigenvalue weighted by Gasteiger charge is 2.13. The zero-order valence-corrected chi connectivity index (χ0v) is 11.7. The van der Waals surface area contributed by atoms with Gasteiger partial charge < -0.3 is 11.2 Å². The summed E-state index contributed by atoms with van der Waals surface area (Å²) in [6.45, 7) is 1.44. The number of benzene rings is 2. The summed E-state index contributed by atoms with van der Waals surface area (Å²) in [6.07, 6.45) is 0. The Hall–Kier alpha value is -2.33. The number of hydrazone groups is 1. The van der Waals surface area contributed by atoms with Gasteiger partial charge in [-0.05, 0) is 18.2 Å². The fourth-order valence-electron chi connectivity index (χ4n) is 1.91. The van der Waals surface area contributed by atoms with Crippen molar-refractivity contribution in [3.8, 4) is 0 Å². The number of anilines is 1. The van der Waals surface area contributed by atoms with Crippen molar-refractivity contribution < 1.29 is 4.79 Å². The normalized spacial score (nSPS) is 11.2. The number of carbonyl (C=O) groups excluding carboxylic acids is 1. The largest absolute Gasteiger partial charge is 0.326 e. The number of carbonyl (C=O) groups is 1. The van der Waals surface area contributed by atoms with E-state index >= 15 is 0 Å². The van der Waals surface area contributed by atoms with Crippen LogP contribution in [-0.2, 0) is 4.79 Å². The van der Waals surface area contributed by atoms with E-state index in [2.05, 4.69) is 10.4 Å². The maximum atomic E-state index is 11.3. The minimum absolute atomic E-state index is 0.169. The molecule has 102 valence electrons. The van der Waals surface area contributed by atoms with Crippen LogP contribution in [0.3, 0.4) is 0 Å². The quantitative estimate of drug-likeness (QED) is 0.518. The van der Waals surface area contributed by atoms with Gasteiger partial charge in [-0.2, -0.15) is 5.10 Å². The fraction of sp³-hybridized carbons (Fsp3) is 0.0667. The molecule has 0 radical (unpaired) electrons. The zero-order valence-electron chi connectivity index (χ0n) is 10.9. The van der Waals surface area contributed by atoms with Gasteiger partial charge in [-0.25, -0.2) is 0 Å². The standard InChI is InChI=1S/C15H14ClN3O/c1-10(20)18-14-8-7-12(16)9-13(14)15(19-17)11-5-3-2-4-6-11/h2-9H,17H2,1H3,(H,18,20). The van der Waals surface area contributed by atoms with Crippen molar-refractivity contribution in [1.29, 1.82) is 0 Å². The van der Waals surface area contributed by atoms with E-state index in [0.29, 0.717) is 22.0 Å². The SMILES string of the molecule is CC(=O)Nc1ccc(Cl)cc1C(=NN)c1ccccc1. The Bertz CT molecular complexity index is 653. The van der Waals surface area contributed by atoms with Crippen LogP contribution in [0, 0.1) is 0 Å². The number of hydrogen-bond acceptors (Lipinski definition) is 3. The fourth-order valence-corrected chi connectivity index (χ4v) is 2.08. The summed E-state index contributed by atoms with van der Waals surface area (Å²) >= 11 is 6.03. The lowest BCUT2D eigenvalue weighted by atomic mass is 10.0. The first-order valence-electron chi connectivity index (χ1n) is 6.02. The highest BCUT2D eigenvalue weighted by Crippen LogP contribution is 2.24. The van der Waals surface area contributed by atoms with Crippen molar-refractivity contribution >= 4 is 28.9 Å². The van der Waals surface area contributed by atoms with Crippen molar-refractivity contribution in [2.24, 2.45) is 10.9 Å². The average molecular weight is 288 g/mol. The summed E-state index contributed by atoms with van der Waals surface area (Å²) in [5.74, 6) is 5.35. The maximum absolute atomic E-state index is 11.3. The highest BCUT2D eigenvalue weighted by molar-refractivity contribution is 6.31. The van der Waals surface area contributed by atoms with E-state index in [9.17, 15) is 4.79 Å². The number of nitrogens with two attached hydrogens (primary N) is 1. The van der Waals surface area contributed by atoms with Crippen LogP contribution in [-0.4, -0.2) is 11.6 Å². The van der Waals surface area contributed by atoms with Gasteiger partial charge in [0.15, 0.2) is 0 Å². The van der Waals surface area contributed by atoms with Gasteiger partial charge in [-0.15, -0.1) is 0 Å². The molecule has 2 rings (SSSR count). The molecule has 0 aromatic heterocycles. The van der Waals surface area contributed by atoms with E-state index in [-0.39, 0.29) is 5.91 Å². The molecule has 0 aliphatic carbocycles. The Morgan fingerprint density at radius 2 is 1.90 bits per heavy atom. The summed E-state index contributed by atoms with van der Waals surface area (Å²) in [6, 6.07) is 14.6. The molecular formula is C15H14ClN3O. The number of nitrogens with one attached hydrogen (secondary N) is 1. The van der Waals surface area contributed by atoms with Crippen LogP contribution in [0.1, 0.15) is 18.1 Å². The molecular weight excluding hydrogens is 274 g/mol. The molecule has 1 amide bonds. The van der Waals surface area contributed by atoms with E-state index in [4.69, 9.17) is 17.4 Å². The summed E-state index contributed by atoms with van der Waals surface area (Å²) in [5, 5.41) is 7.14. The first-order valence-corrected chi connectivity index (χ1v) is 6.40. The van der Waals surface area contributed by atoms with Gasteiger partial charge in [-0.3, -0.25) is 4.79 Å². The number of hydrogen-bond donors (Lipinski definition) is 2. The number of rotatable bonds is 3. The number of halogens is 1. The third-order valence-electron chi connectivity index (χ3n) is 2.72. The van der Waals surface area contributed by atoms with Crippen molar-refractivity contribution in [3.05, 3.63) is 64.7 Å². The molecule has 4 nitrogen and oxygen atoms in total. The summed E-state index contributed by atoms with van der Waals surface area (Å²) < 4.78 is 0. The van der Waals surface area contributed by atoms with Gasteiger partial charge in [0.2, 0.25) is 5.91 Å². The molecule has 0 spiro atoms. The molecule has 0 saturated heterocycles. The predicted molar refractivity (Wildman–Crippen MR) is 82.0 cm³/mol. The van der Waals surface area contributed by atoms with Crippen molar-refractivity contribution in [3.63, 3.8) is 0 Å². The first-order chi connectivity index (χ1) is 9.61. The van der Waals surface area contributed by atoms with Gasteiger partial charge in [0.25, 0.3) is 0 Å². The van der Waals surface area contributed by atoms with Crippen molar-refractivity contribution in [2.75, 3.05) is 5.32 Å². The number of amides is 1. The Kier molecular flexibility index (Phi) is 4.38. The Morgan fingerprint density at radius 3 is 2.50 bits per heavy atom. The smallest absolute Gasteiger partial charge is 0.221 e. The van der Waals surface area contributed by atoms with Crippen molar-refractivity contribution in [2.45, 2.75) is 6.92 Å². The molecule has 0 aliphatic rings. The predicted octanol–water partition coefficient (Wildman–Crippen LogP) is 3.01. The van der Waals surface area contributed by atoms with Crippen LogP contribution in [0.5, 0.6) is 0 Å². The second kappa shape index (κ2) is 6.21. The highest BCUT2D eigenvalue weighted by atomic mass is 35.5. The van der Waals surface area contributed by atoms with Gasteiger partial charge in [-0.1, -0.05) is 41.9 Å². The molecule has 0 heterocycles. The average Bonchev–Trinajstić information content (AvgIpc) is 2.43. The van der Waals surface area contributed by atoms with Gasteiger partial charge in [0.1, 0.15) is 0 Å². The third kappa shape index (κ3) is 3.16. The second-order valence-electron chi connectivity index (χ2n) is 4.21. The van der Waals surface area contributed by atoms with Crippen LogP contribution in [0.4, 0.5) is 5.69 Å². The van der Waals surface area contributed by atoms with E-state index in [1.807, 2.05) is 30.3 Å². The van der Waals surface area contributed by atoms with Crippen LogP contribution >= 0.6 is 11.6 Å². The molecule has 2 aromatic rings. The molecule has 0 bridgehead atoms. The van der Waals surface area contributed by atoms with Gasteiger partial charge >= 0.3 is 0 Å². The van der Waals surface area contributed by atoms with E-state index in [1.54, 1.807) is 18.2 Å². The lowest BCUT2D eigenvalue weighted by molar-refractivity contribution is -0.114. The van der Waals surface area contributed by atoms with Crippen LogP contribution in [0.15, 0.2) is 53.6 Å². The Labute approximate surface area is 122 Å². The molecule has 5 heteroatoms. The molecule has 2 aromatic carbocycles. The summed E-state index contributed by atoms with van der Waals surface area (Å²) in [4.78, 5) is 11.3. The van der Waals surface area contributed by atoms with Gasteiger partial charge in [0.05, 0.1) is 11.4 Å². The lowest BCUT2D eigenvalue weighted by Crippen LogP contribution is -2.13. The van der Waals surface area contributed by atoms with Crippen LogP contribution < -0.4 is 11.2 Å². The first kappa shape index (κ1) is 14.1. The Morgan fingerprint density at radius 1 is 1.20 bits per heavy atom. The summed E-state index contributed by atoms with van der Waals surface area (Å²) in [7, 11) is 0. The van der Waals surface area contributed by atoms with E-state index in [1.165, 1.54) is 6.92 Å². The maximum Gasteiger partial charge on any atom is 0.221 e. The molecule has 0 saturated carbocycles. The molecule has 0 unspecified atom stereocenters. The monoisotopic (exact) mass is 287 g/mol. The van der Waals surface area contributed by atoms with E-state index < -0.39 is 0 Å². The minimum Gasteiger partial charge on any atom is -0.326 e. The minimum atomic E-state index is -0.169. The topological polar surface area (TPSA) is 67.5 Å². The molecule has 0 fully saturated rings. The molecule has 20 heavy (non-hydrogen) atoms. The zero-order chi connectivity index (χ0) is 14.5. The Balaban J connectivity index is 2.54. The number of nitrogens with zero attached hydrogens (tertiary/aromatic N) is 1.